The van der Waals surface area contributed by atoms with Gasteiger partial charge in [0, 0.05) is 31.6 Å². The van der Waals surface area contributed by atoms with E-state index in [9.17, 15) is 4.79 Å². The Balaban J connectivity index is 1.43. The van der Waals surface area contributed by atoms with Crippen LogP contribution in [0.25, 0.3) is 21.3 Å². The Labute approximate surface area is 193 Å². The van der Waals surface area contributed by atoms with Crippen molar-refractivity contribution in [3.8, 4) is 0 Å². The van der Waals surface area contributed by atoms with E-state index in [0.717, 1.165) is 43.8 Å². The number of anilines is 1. The number of H-pyrrole nitrogens is 1. The quantitative estimate of drug-likeness (QED) is 0.219. The average Bonchev–Trinajstić information content (AvgIpc) is 3.49. The Bertz CT molecular complexity index is 1500. The molecule has 0 radical (unpaired) electrons. The van der Waals surface area contributed by atoms with Crippen LogP contribution in [-0.4, -0.2) is 49.3 Å². The van der Waals surface area contributed by atoms with E-state index in [4.69, 9.17) is 10.7 Å². The number of aldehydes is 1. The van der Waals surface area contributed by atoms with Gasteiger partial charge in [-0.05, 0) is 23.8 Å². The van der Waals surface area contributed by atoms with Crippen LogP contribution in [0, 0.1) is 0 Å². The fourth-order valence-corrected chi connectivity index (χ4v) is 4.94. The molecule has 9 nitrogen and oxygen atoms in total. The monoisotopic (exact) mass is 458 g/mol. The second kappa shape index (κ2) is 8.47. The number of rotatable bonds is 7. The van der Waals surface area contributed by atoms with E-state index in [1.807, 2.05) is 54.1 Å². The molecule has 1 aromatic carbocycles. The molecular formula is C23H22N8OS. The summed E-state index contributed by atoms with van der Waals surface area (Å²) in [6, 6.07) is 11.6. The van der Waals surface area contributed by atoms with Crippen molar-refractivity contribution in [3.05, 3.63) is 70.1 Å². The third kappa shape index (κ3) is 3.96. The Morgan fingerprint density at radius 1 is 1.24 bits per heavy atom. The lowest BCUT2D eigenvalue weighted by atomic mass is 10.1. The molecular weight excluding hydrogens is 436 g/mol. The summed E-state index contributed by atoms with van der Waals surface area (Å²) in [6.45, 7) is 0.600. The van der Waals surface area contributed by atoms with Crippen LogP contribution < -0.4 is 5.73 Å². The van der Waals surface area contributed by atoms with Crippen LogP contribution in [0.1, 0.15) is 32.3 Å². The zero-order valence-electron chi connectivity index (χ0n) is 18.2. The Morgan fingerprint density at radius 3 is 2.91 bits per heavy atom. The Hall–Kier alpha value is -4.05. The lowest BCUT2D eigenvalue weighted by Crippen LogP contribution is -2.11. The van der Waals surface area contributed by atoms with Crippen LogP contribution >= 0.6 is 11.3 Å². The molecule has 10 heteroatoms. The first kappa shape index (κ1) is 20.8. The smallest absolute Gasteiger partial charge is 0.167 e. The topological polar surface area (TPSA) is 118 Å². The fraction of sp³-hybridized carbons (Fsp3) is 0.174. The van der Waals surface area contributed by atoms with E-state index in [1.54, 1.807) is 23.6 Å². The molecule has 0 aliphatic rings. The summed E-state index contributed by atoms with van der Waals surface area (Å²) in [7, 11) is 3.77. The number of carbonyl (C=O) groups excluding carboxylic acids is 1. The molecule has 0 aliphatic heterocycles. The lowest BCUT2D eigenvalue weighted by Gasteiger charge is -2.13. The number of nitrogens with one attached hydrogen (secondary N) is 1. The molecule has 0 fully saturated rings. The van der Waals surface area contributed by atoms with Gasteiger partial charge in [-0.3, -0.25) is 14.9 Å². The van der Waals surface area contributed by atoms with Crippen molar-refractivity contribution < 1.29 is 4.79 Å². The first-order valence-electron chi connectivity index (χ1n) is 10.3. The second-order valence-electron chi connectivity index (χ2n) is 7.78. The number of aromatic nitrogens is 5. The minimum Gasteiger partial charge on any atom is -0.384 e. The molecule has 3 N–H and O–H groups in total. The van der Waals surface area contributed by atoms with Gasteiger partial charge in [-0.25, -0.2) is 9.97 Å². The highest BCUT2D eigenvalue weighted by atomic mass is 32.1. The molecule has 0 saturated heterocycles. The van der Waals surface area contributed by atoms with Gasteiger partial charge in [0.15, 0.2) is 6.29 Å². The van der Waals surface area contributed by atoms with Gasteiger partial charge in [-0.15, -0.1) is 11.3 Å². The number of hydrogen-bond donors (Lipinski definition) is 2. The van der Waals surface area contributed by atoms with Gasteiger partial charge < -0.3 is 10.3 Å². The van der Waals surface area contributed by atoms with Gasteiger partial charge in [0.1, 0.15) is 21.2 Å². The molecule has 0 saturated carbocycles. The van der Waals surface area contributed by atoms with Crippen molar-refractivity contribution in [1.29, 1.82) is 0 Å². The summed E-state index contributed by atoms with van der Waals surface area (Å²) in [5, 5.41) is 15.5. The van der Waals surface area contributed by atoms with Crippen molar-refractivity contribution in [3.63, 3.8) is 0 Å². The molecule has 5 aromatic rings. The molecule has 0 aliphatic carbocycles. The SMILES string of the molecule is CN(Cc1cccc2[nH]ncc12)/N=C\c1c(C=O)n(C)c2sc(Cc3cccc(N)n3)nc12. The highest BCUT2D eigenvalue weighted by molar-refractivity contribution is 7.18. The molecule has 33 heavy (non-hydrogen) atoms. The second-order valence-corrected chi connectivity index (χ2v) is 8.84. The summed E-state index contributed by atoms with van der Waals surface area (Å²) in [4.78, 5) is 21.9. The Morgan fingerprint density at radius 2 is 2.09 bits per heavy atom. The zero-order valence-corrected chi connectivity index (χ0v) is 19.0. The van der Waals surface area contributed by atoms with Crippen LogP contribution in [0.4, 0.5) is 5.82 Å². The summed E-state index contributed by atoms with van der Waals surface area (Å²) in [5.74, 6) is 0.485. The van der Waals surface area contributed by atoms with Crippen molar-refractivity contribution >= 4 is 50.9 Å². The lowest BCUT2D eigenvalue weighted by molar-refractivity contribution is 0.111. The van der Waals surface area contributed by atoms with Crippen molar-refractivity contribution in [2.75, 3.05) is 12.8 Å². The van der Waals surface area contributed by atoms with Gasteiger partial charge >= 0.3 is 0 Å². The van der Waals surface area contributed by atoms with Crippen LogP contribution in [0.3, 0.4) is 0 Å². The predicted molar refractivity (Wildman–Crippen MR) is 131 cm³/mol. The number of aromatic amines is 1. The largest absolute Gasteiger partial charge is 0.384 e. The average molecular weight is 459 g/mol. The molecule has 0 unspecified atom stereocenters. The van der Waals surface area contributed by atoms with E-state index < -0.39 is 0 Å². The maximum absolute atomic E-state index is 11.8. The normalized spacial score (nSPS) is 11.7. The number of hydrogen-bond acceptors (Lipinski definition) is 8. The minimum atomic E-state index is 0.485. The van der Waals surface area contributed by atoms with Crippen LogP contribution in [0.15, 0.2) is 47.7 Å². The number of nitrogens with zero attached hydrogens (tertiary/aromatic N) is 6. The Kier molecular flexibility index (Phi) is 5.35. The maximum Gasteiger partial charge on any atom is 0.167 e. The van der Waals surface area contributed by atoms with Gasteiger partial charge in [0.25, 0.3) is 0 Å². The number of hydrazone groups is 1. The van der Waals surface area contributed by atoms with Gasteiger partial charge in [0.2, 0.25) is 0 Å². The third-order valence-electron chi connectivity index (χ3n) is 5.48. The molecule has 166 valence electrons. The van der Waals surface area contributed by atoms with E-state index in [0.29, 0.717) is 30.0 Å². The highest BCUT2D eigenvalue weighted by Crippen LogP contribution is 2.29. The number of thiazole rings is 1. The first-order chi connectivity index (χ1) is 16.0. The van der Waals surface area contributed by atoms with Crippen molar-refractivity contribution in [2.45, 2.75) is 13.0 Å². The number of aryl methyl sites for hydroxylation is 1. The number of fused-ring (bicyclic) bond motifs is 2. The van der Waals surface area contributed by atoms with Gasteiger partial charge in [0.05, 0.1) is 35.7 Å². The number of pyridine rings is 1. The molecule has 5 rings (SSSR count). The maximum atomic E-state index is 11.8. The van der Waals surface area contributed by atoms with Crippen LogP contribution in [-0.2, 0) is 20.0 Å². The molecule has 4 aromatic heterocycles. The van der Waals surface area contributed by atoms with E-state index in [1.165, 1.54) is 0 Å². The summed E-state index contributed by atoms with van der Waals surface area (Å²) >= 11 is 1.54. The molecule has 0 amide bonds. The minimum absolute atomic E-state index is 0.485. The fourth-order valence-electron chi connectivity index (χ4n) is 3.88. The number of nitrogens with two attached hydrogens (primary N) is 1. The standard InChI is InChI=1S/C23H22N8OS/c1-30(12-14-5-3-7-18-16(14)10-25-29-18)26-11-17-19(13-32)31(2)23-22(17)28-21(33-23)9-15-6-4-8-20(24)27-15/h3-8,10-11,13H,9,12H2,1-2H3,(H2,24,27)(H,25,29)/b26-11-. The number of benzene rings is 1. The zero-order chi connectivity index (χ0) is 22.9. The van der Waals surface area contributed by atoms with Crippen molar-refractivity contribution in [1.82, 2.24) is 29.7 Å². The van der Waals surface area contributed by atoms with Gasteiger partial charge in [-0.2, -0.15) is 10.2 Å². The summed E-state index contributed by atoms with van der Waals surface area (Å²) in [5.41, 5.74) is 10.8. The summed E-state index contributed by atoms with van der Waals surface area (Å²) < 4.78 is 1.86. The number of nitrogen functional groups attached to an aromatic ring is 1. The van der Waals surface area contributed by atoms with Crippen LogP contribution in [0.2, 0.25) is 0 Å². The molecule has 0 bridgehead atoms. The first-order valence-corrected chi connectivity index (χ1v) is 11.2. The highest BCUT2D eigenvalue weighted by Gasteiger charge is 2.19. The van der Waals surface area contributed by atoms with E-state index >= 15 is 0 Å². The molecule has 4 heterocycles. The summed E-state index contributed by atoms with van der Waals surface area (Å²) in [6.07, 6.45) is 4.95. The van der Waals surface area contributed by atoms with Crippen molar-refractivity contribution in [2.24, 2.45) is 12.1 Å². The number of carbonyl (C=O) groups is 1. The van der Waals surface area contributed by atoms with Crippen LogP contribution in [0.5, 0.6) is 0 Å². The predicted octanol–water partition coefficient (Wildman–Crippen LogP) is 3.36. The molecule has 0 spiro atoms. The third-order valence-corrected chi connectivity index (χ3v) is 6.61. The van der Waals surface area contributed by atoms with E-state index in [2.05, 4.69) is 26.3 Å². The van der Waals surface area contributed by atoms with Gasteiger partial charge in [-0.1, -0.05) is 18.2 Å². The molecule has 0 atom stereocenters. The van der Waals surface area contributed by atoms with E-state index in [-0.39, 0.29) is 0 Å².